The minimum absolute atomic E-state index is 0.00227. The summed E-state index contributed by atoms with van der Waals surface area (Å²) in [4.78, 5) is 3.90. The predicted molar refractivity (Wildman–Crippen MR) is 64.1 cm³/mol. The molecule has 0 radical (unpaired) electrons. The second-order valence-corrected chi connectivity index (χ2v) is 3.91. The third kappa shape index (κ3) is 2.37. The van der Waals surface area contributed by atoms with Crippen LogP contribution in [0, 0.1) is 0 Å². The van der Waals surface area contributed by atoms with E-state index in [0.29, 0.717) is 12.0 Å². The van der Waals surface area contributed by atoms with Crippen molar-refractivity contribution in [2.45, 2.75) is 19.5 Å². The van der Waals surface area contributed by atoms with Gasteiger partial charge in [-0.15, -0.1) is 0 Å². The summed E-state index contributed by atoms with van der Waals surface area (Å²) in [5.74, 6) is 0. The Morgan fingerprint density at radius 1 is 1.06 bits per heavy atom. The molecule has 0 N–H and O–H groups in total. The summed E-state index contributed by atoms with van der Waals surface area (Å²) in [6.45, 7) is 1.91. The maximum atomic E-state index is 12.9. The molecular weight excluding hydrogens is 239 g/mol. The summed E-state index contributed by atoms with van der Waals surface area (Å²) < 4.78 is 38.8. The molecule has 1 aromatic heterocycles. The fourth-order valence-corrected chi connectivity index (χ4v) is 1.91. The Hall–Kier alpha value is -1.84. The van der Waals surface area contributed by atoms with Gasteiger partial charge in [-0.3, -0.25) is 4.98 Å². The van der Waals surface area contributed by atoms with Crippen molar-refractivity contribution in [3.8, 4) is 11.3 Å². The largest absolute Gasteiger partial charge is 0.418 e. The van der Waals surface area contributed by atoms with E-state index in [4.69, 9.17) is 0 Å². The number of aryl methyl sites for hydroxylation is 1. The highest BCUT2D eigenvalue weighted by atomic mass is 19.4. The highest BCUT2D eigenvalue weighted by Gasteiger charge is 2.34. The van der Waals surface area contributed by atoms with Crippen LogP contribution in [-0.2, 0) is 12.6 Å². The Balaban J connectivity index is 2.65. The van der Waals surface area contributed by atoms with Crippen molar-refractivity contribution in [1.82, 2.24) is 4.98 Å². The normalized spacial score (nSPS) is 11.6. The number of alkyl halides is 3. The van der Waals surface area contributed by atoms with E-state index in [9.17, 15) is 13.2 Å². The zero-order valence-electron chi connectivity index (χ0n) is 9.83. The Labute approximate surface area is 103 Å². The molecule has 0 bridgehead atoms. The molecular formula is C14H12F3N. The lowest BCUT2D eigenvalue weighted by Crippen LogP contribution is -2.08. The molecule has 2 rings (SSSR count). The number of pyridine rings is 1. The highest BCUT2D eigenvalue weighted by molar-refractivity contribution is 5.67. The first kappa shape index (κ1) is 12.6. The van der Waals surface area contributed by atoms with Gasteiger partial charge < -0.3 is 0 Å². The van der Waals surface area contributed by atoms with Crippen LogP contribution >= 0.6 is 0 Å². The van der Waals surface area contributed by atoms with Gasteiger partial charge in [0.1, 0.15) is 0 Å². The highest BCUT2D eigenvalue weighted by Crippen LogP contribution is 2.36. The first-order chi connectivity index (χ1) is 8.54. The number of rotatable bonds is 2. The van der Waals surface area contributed by atoms with E-state index < -0.39 is 11.7 Å². The lowest BCUT2D eigenvalue weighted by Gasteiger charge is -2.13. The van der Waals surface area contributed by atoms with Crippen LogP contribution in [0.4, 0.5) is 13.2 Å². The second-order valence-electron chi connectivity index (χ2n) is 3.91. The number of hydrogen-bond donors (Lipinski definition) is 0. The van der Waals surface area contributed by atoms with Gasteiger partial charge in [-0.25, -0.2) is 0 Å². The molecule has 0 unspecified atom stereocenters. The lowest BCUT2D eigenvalue weighted by atomic mass is 9.98. The van der Waals surface area contributed by atoms with Crippen LogP contribution in [0.1, 0.15) is 18.1 Å². The van der Waals surface area contributed by atoms with Crippen molar-refractivity contribution in [3.05, 3.63) is 53.7 Å². The van der Waals surface area contributed by atoms with Crippen LogP contribution in [0.2, 0.25) is 0 Å². The zero-order valence-corrected chi connectivity index (χ0v) is 9.83. The van der Waals surface area contributed by atoms with E-state index in [1.165, 1.54) is 12.3 Å². The molecule has 0 spiro atoms. The van der Waals surface area contributed by atoms with Gasteiger partial charge in [-0.2, -0.15) is 13.2 Å². The van der Waals surface area contributed by atoms with Crippen LogP contribution in [-0.4, -0.2) is 4.98 Å². The van der Waals surface area contributed by atoms with E-state index in [2.05, 4.69) is 4.98 Å². The fourth-order valence-electron chi connectivity index (χ4n) is 1.91. The maximum absolute atomic E-state index is 12.9. The van der Waals surface area contributed by atoms with Crippen LogP contribution in [0.25, 0.3) is 11.3 Å². The smallest absolute Gasteiger partial charge is 0.256 e. The number of hydrogen-bond acceptors (Lipinski definition) is 1. The molecule has 18 heavy (non-hydrogen) atoms. The van der Waals surface area contributed by atoms with Crippen molar-refractivity contribution in [1.29, 1.82) is 0 Å². The average Bonchev–Trinajstić information content (AvgIpc) is 2.37. The lowest BCUT2D eigenvalue weighted by molar-refractivity contribution is -0.137. The van der Waals surface area contributed by atoms with Crippen LogP contribution in [0.5, 0.6) is 0 Å². The first-order valence-electron chi connectivity index (χ1n) is 5.64. The molecule has 94 valence electrons. The van der Waals surface area contributed by atoms with E-state index in [-0.39, 0.29) is 5.69 Å². The first-order valence-corrected chi connectivity index (χ1v) is 5.64. The summed E-state index contributed by atoms with van der Waals surface area (Å²) in [7, 11) is 0. The van der Waals surface area contributed by atoms with Crippen LogP contribution in [0.3, 0.4) is 0 Å². The number of halogens is 3. The summed E-state index contributed by atoms with van der Waals surface area (Å²) in [5.41, 5.74) is 0.725. The third-order valence-electron chi connectivity index (χ3n) is 2.77. The molecule has 1 nitrogen and oxygen atoms in total. The zero-order chi connectivity index (χ0) is 13.2. The Bertz CT molecular complexity index is 547. The Kier molecular flexibility index (Phi) is 3.36. The van der Waals surface area contributed by atoms with Crippen molar-refractivity contribution in [2.75, 3.05) is 0 Å². The van der Waals surface area contributed by atoms with E-state index in [1.807, 2.05) is 19.1 Å². The molecule has 0 saturated heterocycles. The molecule has 0 atom stereocenters. The molecule has 4 heteroatoms. The summed E-state index contributed by atoms with van der Waals surface area (Å²) in [5, 5.41) is 0. The van der Waals surface area contributed by atoms with Gasteiger partial charge in [-0.05, 0) is 24.1 Å². The van der Waals surface area contributed by atoms with Crippen LogP contribution in [0.15, 0.2) is 42.6 Å². The monoisotopic (exact) mass is 251 g/mol. The molecule has 0 amide bonds. The van der Waals surface area contributed by atoms with Crippen molar-refractivity contribution < 1.29 is 13.2 Å². The van der Waals surface area contributed by atoms with Gasteiger partial charge in [0.25, 0.3) is 0 Å². The third-order valence-corrected chi connectivity index (χ3v) is 2.77. The minimum atomic E-state index is -4.38. The SMILES string of the molecule is CCc1ccccc1-c1ncccc1C(F)(F)F. The standard InChI is InChI=1S/C14H12F3N/c1-2-10-6-3-4-7-11(10)13-12(14(15,16)17)8-5-9-18-13/h3-9H,2H2,1H3. The van der Waals surface area contributed by atoms with Crippen molar-refractivity contribution >= 4 is 0 Å². The Morgan fingerprint density at radius 2 is 1.78 bits per heavy atom. The van der Waals surface area contributed by atoms with Gasteiger partial charge in [0.2, 0.25) is 0 Å². The molecule has 0 aliphatic rings. The van der Waals surface area contributed by atoms with Crippen molar-refractivity contribution in [3.63, 3.8) is 0 Å². The van der Waals surface area contributed by atoms with Crippen molar-refractivity contribution in [2.24, 2.45) is 0 Å². The van der Waals surface area contributed by atoms with E-state index in [1.54, 1.807) is 12.1 Å². The summed E-state index contributed by atoms with van der Waals surface area (Å²) in [6.07, 6.45) is -2.33. The summed E-state index contributed by atoms with van der Waals surface area (Å²) in [6, 6.07) is 9.41. The fraction of sp³-hybridized carbons (Fsp3) is 0.214. The van der Waals surface area contributed by atoms with Gasteiger partial charge in [0.15, 0.2) is 0 Å². The van der Waals surface area contributed by atoms with Crippen LogP contribution < -0.4 is 0 Å². The van der Waals surface area contributed by atoms with Gasteiger partial charge in [0.05, 0.1) is 11.3 Å². The van der Waals surface area contributed by atoms with Gasteiger partial charge in [0, 0.05) is 11.8 Å². The summed E-state index contributed by atoms with van der Waals surface area (Å²) >= 11 is 0. The van der Waals surface area contributed by atoms with Gasteiger partial charge in [-0.1, -0.05) is 31.2 Å². The molecule has 0 aliphatic heterocycles. The number of aromatic nitrogens is 1. The van der Waals surface area contributed by atoms with E-state index in [0.717, 1.165) is 11.6 Å². The number of benzene rings is 1. The average molecular weight is 251 g/mol. The topological polar surface area (TPSA) is 12.9 Å². The Morgan fingerprint density at radius 3 is 2.44 bits per heavy atom. The molecule has 0 aliphatic carbocycles. The van der Waals surface area contributed by atoms with Gasteiger partial charge >= 0.3 is 6.18 Å². The van der Waals surface area contributed by atoms with E-state index >= 15 is 0 Å². The number of nitrogens with zero attached hydrogens (tertiary/aromatic N) is 1. The minimum Gasteiger partial charge on any atom is -0.256 e. The molecule has 1 heterocycles. The predicted octanol–water partition coefficient (Wildman–Crippen LogP) is 4.33. The molecule has 1 aromatic carbocycles. The quantitative estimate of drug-likeness (QED) is 0.774. The second kappa shape index (κ2) is 4.80. The molecule has 2 aromatic rings. The maximum Gasteiger partial charge on any atom is 0.418 e. The molecule has 0 fully saturated rings. The molecule has 0 saturated carbocycles.